The highest BCUT2D eigenvalue weighted by atomic mass is 16.5. The van der Waals surface area contributed by atoms with E-state index in [1.807, 2.05) is 0 Å². The Morgan fingerprint density at radius 2 is 1.83 bits per heavy atom. The van der Waals surface area contributed by atoms with Crippen molar-refractivity contribution < 1.29 is 14.0 Å². The molecule has 0 saturated heterocycles. The first-order chi connectivity index (χ1) is 14.0. The average molecular weight is 394 g/mol. The zero-order valence-corrected chi connectivity index (χ0v) is 16.1. The molecule has 2 aromatic heterocycles. The number of benzene rings is 2. The second kappa shape index (κ2) is 7.27. The SMILES string of the molecule is COc1cccc(-c2noc(Cn3c(=O)n(C)c(=O)c4ccccc43)n2)c1OC. The third-order valence-electron chi connectivity index (χ3n) is 4.65. The predicted octanol–water partition coefficient (Wildman–Crippen LogP) is 1.82. The van der Waals surface area contributed by atoms with Gasteiger partial charge in [-0.2, -0.15) is 4.98 Å². The van der Waals surface area contributed by atoms with E-state index in [-0.39, 0.29) is 18.0 Å². The molecule has 0 bridgehead atoms. The number of ether oxygens (including phenoxy) is 2. The highest BCUT2D eigenvalue weighted by molar-refractivity contribution is 5.77. The summed E-state index contributed by atoms with van der Waals surface area (Å²) in [7, 11) is 4.51. The van der Waals surface area contributed by atoms with Crippen LogP contribution < -0.4 is 20.7 Å². The molecule has 29 heavy (non-hydrogen) atoms. The third-order valence-corrected chi connectivity index (χ3v) is 4.65. The van der Waals surface area contributed by atoms with E-state index in [4.69, 9.17) is 14.0 Å². The highest BCUT2D eigenvalue weighted by Gasteiger charge is 2.18. The molecule has 0 saturated carbocycles. The molecule has 0 unspecified atom stereocenters. The van der Waals surface area contributed by atoms with Crippen LogP contribution in [0.25, 0.3) is 22.3 Å². The summed E-state index contributed by atoms with van der Waals surface area (Å²) >= 11 is 0. The van der Waals surface area contributed by atoms with Gasteiger partial charge in [-0.25, -0.2) is 4.79 Å². The number of aromatic nitrogens is 4. The Bertz CT molecular complexity index is 1320. The fourth-order valence-electron chi connectivity index (χ4n) is 3.22. The first-order valence-corrected chi connectivity index (χ1v) is 8.77. The molecule has 0 atom stereocenters. The van der Waals surface area contributed by atoms with E-state index in [2.05, 4.69) is 10.1 Å². The molecule has 2 aromatic carbocycles. The third kappa shape index (κ3) is 3.06. The van der Waals surface area contributed by atoms with Crippen LogP contribution in [-0.2, 0) is 13.6 Å². The lowest BCUT2D eigenvalue weighted by molar-refractivity contribution is 0.354. The van der Waals surface area contributed by atoms with Gasteiger partial charge in [-0.3, -0.25) is 13.9 Å². The van der Waals surface area contributed by atoms with E-state index in [0.717, 1.165) is 4.57 Å². The van der Waals surface area contributed by atoms with Gasteiger partial charge in [0.1, 0.15) is 6.54 Å². The summed E-state index contributed by atoms with van der Waals surface area (Å²) in [6.45, 7) is 0.0206. The van der Waals surface area contributed by atoms with Crippen molar-refractivity contribution in [2.24, 2.45) is 7.05 Å². The normalized spacial score (nSPS) is 11.0. The molecule has 0 aliphatic heterocycles. The van der Waals surface area contributed by atoms with E-state index >= 15 is 0 Å². The molecular formula is C20H18N4O5. The Labute approximate surface area is 164 Å². The molecule has 0 spiro atoms. The number of nitrogens with zero attached hydrogens (tertiary/aromatic N) is 4. The number of para-hydroxylation sites is 2. The maximum absolute atomic E-state index is 12.7. The minimum Gasteiger partial charge on any atom is -0.493 e. The summed E-state index contributed by atoms with van der Waals surface area (Å²) in [5, 5.41) is 4.44. The monoisotopic (exact) mass is 394 g/mol. The van der Waals surface area contributed by atoms with Crippen molar-refractivity contribution in [2.75, 3.05) is 14.2 Å². The van der Waals surface area contributed by atoms with Gasteiger partial charge in [-0.05, 0) is 24.3 Å². The second-order valence-corrected chi connectivity index (χ2v) is 6.30. The number of hydrogen-bond donors (Lipinski definition) is 0. The smallest absolute Gasteiger partial charge is 0.331 e. The lowest BCUT2D eigenvalue weighted by atomic mass is 10.1. The van der Waals surface area contributed by atoms with Gasteiger partial charge in [0.05, 0.1) is 30.7 Å². The van der Waals surface area contributed by atoms with Crippen LogP contribution in [0.1, 0.15) is 5.89 Å². The lowest BCUT2D eigenvalue weighted by Crippen LogP contribution is -2.38. The number of hydrogen-bond acceptors (Lipinski definition) is 7. The van der Waals surface area contributed by atoms with Crippen molar-refractivity contribution in [2.45, 2.75) is 6.54 Å². The van der Waals surface area contributed by atoms with Gasteiger partial charge in [-0.1, -0.05) is 23.4 Å². The van der Waals surface area contributed by atoms with Gasteiger partial charge in [0.2, 0.25) is 11.7 Å². The molecular weight excluding hydrogens is 376 g/mol. The van der Waals surface area contributed by atoms with Crippen molar-refractivity contribution in [3.05, 3.63) is 69.2 Å². The van der Waals surface area contributed by atoms with Gasteiger partial charge in [0.15, 0.2) is 11.5 Å². The van der Waals surface area contributed by atoms with Crippen LogP contribution in [0.2, 0.25) is 0 Å². The van der Waals surface area contributed by atoms with Crippen LogP contribution in [0, 0.1) is 0 Å². The first-order valence-electron chi connectivity index (χ1n) is 8.77. The molecule has 4 rings (SSSR count). The van der Waals surface area contributed by atoms with Crippen LogP contribution in [0.4, 0.5) is 0 Å². The van der Waals surface area contributed by atoms with Crippen molar-refractivity contribution in [3.63, 3.8) is 0 Å². The Hall–Kier alpha value is -3.88. The number of methoxy groups -OCH3 is 2. The molecule has 0 aliphatic rings. The van der Waals surface area contributed by atoms with Crippen molar-refractivity contribution in [3.8, 4) is 22.9 Å². The fourth-order valence-corrected chi connectivity index (χ4v) is 3.22. The van der Waals surface area contributed by atoms with Gasteiger partial charge < -0.3 is 14.0 Å². The van der Waals surface area contributed by atoms with Crippen molar-refractivity contribution in [1.29, 1.82) is 0 Å². The van der Waals surface area contributed by atoms with E-state index in [0.29, 0.717) is 33.8 Å². The molecule has 0 N–H and O–H groups in total. The molecule has 4 aromatic rings. The largest absolute Gasteiger partial charge is 0.493 e. The summed E-state index contributed by atoms with van der Waals surface area (Å²) in [6.07, 6.45) is 0. The predicted molar refractivity (Wildman–Crippen MR) is 105 cm³/mol. The summed E-state index contributed by atoms with van der Waals surface area (Å²) < 4.78 is 18.6. The quantitative estimate of drug-likeness (QED) is 0.509. The van der Waals surface area contributed by atoms with E-state index in [1.165, 1.54) is 18.7 Å². The minimum absolute atomic E-state index is 0.0206. The Morgan fingerprint density at radius 3 is 2.59 bits per heavy atom. The summed E-state index contributed by atoms with van der Waals surface area (Å²) in [5.74, 6) is 1.54. The molecule has 0 radical (unpaired) electrons. The number of fused-ring (bicyclic) bond motifs is 1. The summed E-state index contributed by atoms with van der Waals surface area (Å²) in [6, 6.07) is 12.2. The molecule has 9 heteroatoms. The Morgan fingerprint density at radius 1 is 1.03 bits per heavy atom. The van der Waals surface area contributed by atoms with Crippen molar-refractivity contribution in [1.82, 2.24) is 19.3 Å². The maximum atomic E-state index is 12.7. The zero-order valence-electron chi connectivity index (χ0n) is 16.1. The molecule has 9 nitrogen and oxygen atoms in total. The van der Waals surface area contributed by atoms with Crippen molar-refractivity contribution >= 4 is 10.9 Å². The minimum atomic E-state index is -0.465. The topological polar surface area (TPSA) is 101 Å². The van der Waals surface area contributed by atoms with Crippen LogP contribution in [0.5, 0.6) is 11.5 Å². The summed E-state index contributed by atoms with van der Waals surface area (Å²) in [5.41, 5.74) is 0.278. The van der Waals surface area contributed by atoms with E-state index < -0.39 is 5.69 Å². The van der Waals surface area contributed by atoms with Gasteiger partial charge in [0, 0.05) is 7.05 Å². The van der Waals surface area contributed by atoms with Crippen LogP contribution in [0.15, 0.2) is 56.6 Å². The van der Waals surface area contributed by atoms with Crippen LogP contribution in [-0.4, -0.2) is 33.5 Å². The molecule has 0 amide bonds. The van der Waals surface area contributed by atoms with E-state index in [9.17, 15) is 9.59 Å². The second-order valence-electron chi connectivity index (χ2n) is 6.30. The number of rotatable bonds is 5. The lowest BCUT2D eigenvalue weighted by Gasteiger charge is -2.10. The molecule has 148 valence electrons. The summed E-state index contributed by atoms with van der Waals surface area (Å²) in [4.78, 5) is 29.4. The highest BCUT2D eigenvalue weighted by Crippen LogP contribution is 2.36. The molecule has 0 aliphatic carbocycles. The molecule has 0 fully saturated rings. The average Bonchev–Trinajstić information content (AvgIpc) is 3.23. The maximum Gasteiger partial charge on any atom is 0.331 e. The zero-order chi connectivity index (χ0) is 20.5. The van der Waals surface area contributed by atoms with Gasteiger partial charge in [0.25, 0.3) is 5.56 Å². The first kappa shape index (κ1) is 18.5. The van der Waals surface area contributed by atoms with Crippen LogP contribution >= 0.6 is 0 Å². The molecule has 2 heterocycles. The van der Waals surface area contributed by atoms with E-state index in [1.54, 1.807) is 49.6 Å². The standard InChI is InChI=1S/C20H18N4O5/c1-23-19(25)12-7-4-5-9-14(12)24(20(23)26)11-16-21-18(22-29-16)13-8-6-10-15(27-2)17(13)28-3/h4-10H,11H2,1-3H3. The Kier molecular flexibility index (Phi) is 4.63. The van der Waals surface area contributed by atoms with Crippen LogP contribution in [0.3, 0.4) is 0 Å². The van der Waals surface area contributed by atoms with Gasteiger partial charge in [-0.15, -0.1) is 0 Å². The fraction of sp³-hybridized carbons (Fsp3) is 0.200. The van der Waals surface area contributed by atoms with Gasteiger partial charge >= 0.3 is 5.69 Å². The Balaban J connectivity index is 1.79.